The largest absolute Gasteiger partial charge is 0.481 e. The van der Waals surface area contributed by atoms with Crippen LogP contribution in [0.3, 0.4) is 0 Å². The Morgan fingerprint density at radius 3 is 2.86 bits per heavy atom. The molecule has 2 aromatic heterocycles. The van der Waals surface area contributed by atoms with Gasteiger partial charge >= 0.3 is 0 Å². The van der Waals surface area contributed by atoms with Gasteiger partial charge in [-0.15, -0.1) is 0 Å². The minimum atomic E-state index is -0.108. The molecular formula is C15H14N4O2. The minimum absolute atomic E-state index is 0.108. The van der Waals surface area contributed by atoms with Crippen LogP contribution in [0.5, 0.6) is 5.88 Å². The Hall–Kier alpha value is -2.89. The summed E-state index contributed by atoms with van der Waals surface area (Å²) in [5.41, 5.74) is 3.02. The van der Waals surface area contributed by atoms with Crippen LogP contribution in [0.25, 0.3) is 22.6 Å². The molecule has 0 aliphatic rings. The maximum absolute atomic E-state index is 11.1. The molecule has 0 radical (unpaired) electrons. The summed E-state index contributed by atoms with van der Waals surface area (Å²) in [6, 6.07) is 11.1. The van der Waals surface area contributed by atoms with E-state index in [0.29, 0.717) is 17.4 Å². The lowest BCUT2D eigenvalue weighted by Gasteiger charge is -2.03. The number of carbonyl (C=O) groups is 1. The maximum Gasteiger partial charge on any atom is 0.221 e. The molecule has 0 atom stereocenters. The topological polar surface area (TPSA) is 79.9 Å². The number of aromatic amines is 1. The van der Waals surface area contributed by atoms with Crippen molar-refractivity contribution in [2.75, 3.05) is 12.4 Å². The summed E-state index contributed by atoms with van der Waals surface area (Å²) in [4.78, 5) is 23.0. The zero-order valence-electron chi connectivity index (χ0n) is 11.7. The van der Waals surface area contributed by atoms with Gasteiger partial charge in [0.2, 0.25) is 11.8 Å². The number of imidazole rings is 1. The van der Waals surface area contributed by atoms with Gasteiger partial charge in [-0.1, -0.05) is 12.1 Å². The van der Waals surface area contributed by atoms with E-state index in [9.17, 15) is 4.79 Å². The third-order valence-corrected chi connectivity index (χ3v) is 2.99. The van der Waals surface area contributed by atoms with E-state index in [0.717, 1.165) is 16.8 Å². The SMILES string of the molecule is COc1ccc2[nH]c(-c3cccc(NC(C)=O)c3)nc2n1. The van der Waals surface area contributed by atoms with Gasteiger partial charge in [0.15, 0.2) is 5.65 Å². The first kappa shape index (κ1) is 13.1. The van der Waals surface area contributed by atoms with Gasteiger partial charge in [-0.2, -0.15) is 4.98 Å². The molecule has 0 fully saturated rings. The predicted octanol–water partition coefficient (Wildman–Crippen LogP) is 2.59. The molecule has 3 rings (SSSR count). The van der Waals surface area contributed by atoms with Gasteiger partial charge < -0.3 is 15.0 Å². The predicted molar refractivity (Wildman–Crippen MR) is 80.2 cm³/mol. The number of anilines is 1. The maximum atomic E-state index is 11.1. The zero-order valence-corrected chi connectivity index (χ0v) is 11.7. The number of nitrogens with one attached hydrogen (secondary N) is 2. The number of fused-ring (bicyclic) bond motifs is 1. The summed E-state index contributed by atoms with van der Waals surface area (Å²) in [5.74, 6) is 1.11. The fraction of sp³-hybridized carbons (Fsp3) is 0.133. The Bertz CT molecular complexity index is 810. The molecule has 0 unspecified atom stereocenters. The Morgan fingerprint density at radius 2 is 2.10 bits per heavy atom. The van der Waals surface area contributed by atoms with Crippen molar-refractivity contribution < 1.29 is 9.53 Å². The van der Waals surface area contributed by atoms with Gasteiger partial charge in [-0.05, 0) is 18.2 Å². The number of amides is 1. The number of pyridine rings is 1. The van der Waals surface area contributed by atoms with E-state index < -0.39 is 0 Å². The number of benzene rings is 1. The Kier molecular flexibility index (Phi) is 3.27. The first-order valence-electron chi connectivity index (χ1n) is 6.44. The number of methoxy groups -OCH3 is 1. The Labute approximate surface area is 121 Å². The molecular weight excluding hydrogens is 268 g/mol. The molecule has 0 bridgehead atoms. The smallest absolute Gasteiger partial charge is 0.221 e. The van der Waals surface area contributed by atoms with Gasteiger partial charge in [-0.25, -0.2) is 4.98 Å². The lowest BCUT2D eigenvalue weighted by molar-refractivity contribution is -0.114. The van der Waals surface area contributed by atoms with Crippen LogP contribution in [0, 0.1) is 0 Å². The van der Waals surface area contributed by atoms with Crippen molar-refractivity contribution in [3.8, 4) is 17.3 Å². The first-order chi connectivity index (χ1) is 10.2. The van der Waals surface area contributed by atoms with Gasteiger partial charge in [0.1, 0.15) is 5.82 Å². The number of ether oxygens (including phenoxy) is 1. The van der Waals surface area contributed by atoms with E-state index >= 15 is 0 Å². The molecule has 106 valence electrons. The third kappa shape index (κ3) is 2.69. The van der Waals surface area contributed by atoms with E-state index in [1.807, 2.05) is 30.3 Å². The summed E-state index contributed by atoms with van der Waals surface area (Å²) >= 11 is 0. The van der Waals surface area contributed by atoms with Crippen molar-refractivity contribution in [2.24, 2.45) is 0 Å². The first-order valence-corrected chi connectivity index (χ1v) is 6.44. The molecule has 3 aromatic rings. The lowest BCUT2D eigenvalue weighted by atomic mass is 10.2. The number of H-pyrrole nitrogens is 1. The minimum Gasteiger partial charge on any atom is -0.481 e. The molecule has 2 N–H and O–H groups in total. The Balaban J connectivity index is 2.01. The molecule has 0 spiro atoms. The van der Waals surface area contributed by atoms with Crippen LogP contribution in [-0.2, 0) is 4.79 Å². The van der Waals surface area contributed by atoms with E-state index in [1.165, 1.54) is 6.92 Å². The highest BCUT2D eigenvalue weighted by molar-refractivity contribution is 5.89. The summed E-state index contributed by atoms with van der Waals surface area (Å²) in [6.45, 7) is 1.48. The number of nitrogens with zero attached hydrogens (tertiary/aromatic N) is 2. The highest BCUT2D eigenvalue weighted by atomic mass is 16.5. The second-order valence-corrected chi connectivity index (χ2v) is 4.57. The molecule has 6 heteroatoms. The standard InChI is InChI=1S/C15H14N4O2/c1-9(20)16-11-5-3-4-10(8-11)14-17-12-6-7-13(21-2)18-15(12)19-14/h3-8H,1-2H3,(H,16,20)(H,17,18,19). The van der Waals surface area contributed by atoms with Crippen LogP contribution in [-0.4, -0.2) is 28.0 Å². The summed E-state index contributed by atoms with van der Waals surface area (Å²) in [7, 11) is 1.57. The zero-order chi connectivity index (χ0) is 14.8. The van der Waals surface area contributed by atoms with Gasteiger partial charge in [0, 0.05) is 24.2 Å². The van der Waals surface area contributed by atoms with Crippen LogP contribution in [0.4, 0.5) is 5.69 Å². The molecule has 0 saturated heterocycles. The number of rotatable bonds is 3. The highest BCUT2D eigenvalue weighted by Gasteiger charge is 2.08. The molecule has 1 aromatic carbocycles. The number of hydrogen-bond acceptors (Lipinski definition) is 4. The van der Waals surface area contributed by atoms with Crippen molar-refractivity contribution >= 4 is 22.8 Å². The fourth-order valence-electron chi connectivity index (χ4n) is 2.07. The number of carbonyl (C=O) groups excluding carboxylic acids is 1. The summed E-state index contributed by atoms with van der Waals surface area (Å²) in [5, 5.41) is 2.75. The van der Waals surface area contributed by atoms with E-state index in [2.05, 4.69) is 20.3 Å². The van der Waals surface area contributed by atoms with Crippen molar-refractivity contribution in [2.45, 2.75) is 6.92 Å². The van der Waals surface area contributed by atoms with E-state index in [1.54, 1.807) is 13.2 Å². The fourth-order valence-corrected chi connectivity index (χ4v) is 2.07. The lowest BCUT2D eigenvalue weighted by Crippen LogP contribution is -2.05. The average molecular weight is 282 g/mol. The molecule has 2 heterocycles. The monoisotopic (exact) mass is 282 g/mol. The molecule has 1 amide bonds. The average Bonchev–Trinajstić information content (AvgIpc) is 2.89. The van der Waals surface area contributed by atoms with E-state index in [-0.39, 0.29) is 5.91 Å². The van der Waals surface area contributed by atoms with Crippen LogP contribution < -0.4 is 10.1 Å². The van der Waals surface area contributed by atoms with Crippen LogP contribution in [0.2, 0.25) is 0 Å². The van der Waals surface area contributed by atoms with E-state index in [4.69, 9.17) is 4.74 Å². The number of aromatic nitrogens is 3. The van der Waals surface area contributed by atoms with Crippen molar-refractivity contribution in [1.29, 1.82) is 0 Å². The molecule has 21 heavy (non-hydrogen) atoms. The van der Waals surface area contributed by atoms with Crippen molar-refractivity contribution in [3.05, 3.63) is 36.4 Å². The normalized spacial score (nSPS) is 10.6. The highest BCUT2D eigenvalue weighted by Crippen LogP contribution is 2.23. The van der Waals surface area contributed by atoms with Crippen LogP contribution >= 0.6 is 0 Å². The quantitative estimate of drug-likeness (QED) is 0.773. The van der Waals surface area contributed by atoms with Crippen molar-refractivity contribution in [3.63, 3.8) is 0 Å². The molecule has 0 aliphatic carbocycles. The second kappa shape index (κ2) is 5.24. The third-order valence-electron chi connectivity index (χ3n) is 2.99. The molecule has 0 aliphatic heterocycles. The summed E-state index contributed by atoms with van der Waals surface area (Å²) in [6.07, 6.45) is 0. The van der Waals surface area contributed by atoms with Crippen LogP contribution in [0.1, 0.15) is 6.92 Å². The number of hydrogen-bond donors (Lipinski definition) is 2. The second-order valence-electron chi connectivity index (χ2n) is 4.57. The van der Waals surface area contributed by atoms with Crippen LogP contribution in [0.15, 0.2) is 36.4 Å². The van der Waals surface area contributed by atoms with Gasteiger partial charge in [0.25, 0.3) is 0 Å². The summed E-state index contributed by atoms with van der Waals surface area (Å²) < 4.78 is 5.09. The molecule has 6 nitrogen and oxygen atoms in total. The Morgan fingerprint density at radius 1 is 1.24 bits per heavy atom. The van der Waals surface area contributed by atoms with Crippen molar-refractivity contribution in [1.82, 2.24) is 15.0 Å². The van der Waals surface area contributed by atoms with Gasteiger partial charge in [-0.3, -0.25) is 4.79 Å². The molecule has 0 saturated carbocycles. The van der Waals surface area contributed by atoms with Gasteiger partial charge in [0.05, 0.1) is 12.6 Å².